The van der Waals surface area contributed by atoms with E-state index in [9.17, 15) is 0 Å². The Morgan fingerprint density at radius 2 is 1.14 bits per heavy atom. The van der Waals surface area contributed by atoms with E-state index in [0.29, 0.717) is 0 Å². The molecule has 2 aliphatic rings. The van der Waals surface area contributed by atoms with E-state index < -0.39 is 10.2 Å². The van der Waals surface area contributed by atoms with E-state index in [-0.39, 0.29) is 0 Å². The number of aryl methyl sites for hydroxylation is 2. The van der Waals surface area contributed by atoms with Crippen molar-refractivity contribution >= 4 is 11.4 Å². The van der Waals surface area contributed by atoms with Crippen molar-refractivity contribution in [3.8, 4) is 0 Å². The van der Waals surface area contributed by atoms with Gasteiger partial charge >= 0.3 is 5.78 Å². The van der Waals surface area contributed by atoms with Crippen molar-refractivity contribution in [1.29, 1.82) is 0 Å². The Labute approximate surface area is 165 Å². The van der Waals surface area contributed by atoms with Crippen LogP contribution in [0.2, 0.25) is 0 Å². The number of ketones is 1. The maximum atomic E-state index is 8.49. The zero-order valence-electron chi connectivity index (χ0n) is 15.3. The van der Waals surface area contributed by atoms with Gasteiger partial charge in [0.2, 0.25) is 0 Å². The second-order valence-electron chi connectivity index (χ2n) is 6.30. The van der Waals surface area contributed by atoms with Crippen LogP contribution in [0.4, 0.5) is 0 Å². The highest BCUT2D eigenvalue weighted by Gasteiger charge is 2.20. The molecule has 0 heterocycles. The minimum Gasteiger partial charge on any atom is -0.258 e. The molecule has 6 heteroatoms. The van der Waals surface area contributed by atoms with Gasteiger partial charge in [-0.25, -0.2) is 18.6 Å². The third kappa shape index (κ3) is 5.04. The molecule has 2 aliphatic carbocycles. The molecule has 5 nitrogen and oxygen atoms in total. The molecule has 0 spiro atoms. The van der Waals surface area contributed by atoms with Gasteiger partial charge in [0.25, 0.3) is 7.11 Å². The van der Waals surface area contributed by atoms with E-state index in [1.165, 1.54) is 33.4 Å². The largest absolute Gasteiger partial charge is 0.343 e. The highest BCUT2D eigenvalue weighted by molar-refractivity contribution is 6.03. The summed E-state index contributed by atoms with van der Waals surface area (Å²) >= 11 is 0. The van der Waals surface area contributed by atoms with Crippen LogP contribution in [0.3, 0.4) is 0 Å². The molecule has 4 rings (SSSR count). The van der Waals surface area contributed by atoms with Crippen LogP contribution in [0.25, 0.3) is 5.57 Å². The molecule has 0 aromatic heterocycles. The predicted molar refractivity (Wildman–Crippen MR) is 95.5 cm³/mol. The molecule has 0 saturated carbocycles. The first-order valence-corrected chi connectivity index (χ1v) is 9.90. The van der Waals surface area contributed by atoms with Crippen molar-refractivity contribution in [2.24, 2.45) is 0 Å². The van der Waals surface area contributed by atoms with Gasteiger partial charge in [0.1, 0.15) is 0 Å². The van der Waals surface area contributed by atoms with Gasteiger partial charge in [-0.05, 0) is 58.4 Å². The number of rotatable bonds is 0. The number of hydrogen-bond acceptors (Lipinski definition) is 4. The Balaban J connectivity index is 0.000000403. The lowest BCUT2D eigenvalue weighted by atomic mass is 9.88. The molecule has 0 unspecified atom stereocenters. The first kappa shape index (κ1) is 20.2. The van der Waals surface area contributed by atoms with Crippen molar-refractivity contribution in [1.82, 2.24) is 0 Å². The molecule has 2 aromatic rings. The van der Waals surface area contributed by atoms with Crippen LogP contribution in [0.5, 0.6) is 0 Å². The van der Waals surface area contributed by atoms with Crippen molar-refractivity contribution in [3.05, 3.63) is 101 Å². The molecule has 0 atom stereocenters. The van der Waals surface area contributed by atoms with Crippen molar-refractivity contribution in [3.63, 3.8) is 0 Å². The quantitative estimate of drug-likeness (QED) is 0.568. The van der Waals surface area contributed by atoms with Crippen molar-refractivity contribution in [2.45, 2.75) is 12.8 Å². The third-order valence-corrected chi connectivity index (χ3v) is 4.62. The molecule has 2 aromatic carbocycles. The molecule has 28 heavy (non-hydrogen) atoms. The maximum absolute atomic E-state index is 8.49. The monoisotopic (exact) mass is 398 g/mol. The average Bonchev–Trinajstić information content (AvgIpc) is 2.84. The Morgan fingerprint density at radius 3 is 1.57 bits per heavy atom. The van der Waals surface area contributed by atoms with E-state index in [4.69, 9.17) is 23.1 Å². The van der Waals surface area contributed by atoms with E-state index in [1.54, 1.807) is 7.11 Å². The first-order valence-electron chi connectivity index (χ1n) is 8.66. The minimum atomic E-state index is -4.94. The fourth-order valence-electron chi connectivity index (χ4n) is 3.45. The van der Waals surface area contributed by atoms with Gasteiger partial charge in [0.05, 0.1) is 0 Å². The van der Waals surface area contributed by atoms with Gasteiger partial charge in [-0.15, -0.1) is 10.2 Å². The fourth-order valence-corrected chi connectivity index (χ4v) is 3.45. The van der Waals surface area contributed by atoms with Crippen LogP contribution in [0.1, 0.15) is 22.3 Å². The predicted octanol–water partition coefficient (Wildman–Crippen LogP) is -0.308. The third-order valence-electron chi connectivity index (χ3n) is 4.62. The molecule has 144 valence electrons. The summed E-state index contributed by atoms with van der Waals surface area (Å²) in [4.78, 5) is 0. The summed E-state index contributed by atoms with van der Waals surface area (Å²) < 4.78 is 39.3. The zero-order chi connectivity index (χ0) is 20.1. The van der Waals surface area contributed by atoms with E-state index in [0.717, 1.165) is 18.6 Å². The van der Waals surface area contributed by atoms with E-state index in [1.807, 2.05) is 12.2 Å². The minimum absolute atomic E-state index is 0.893. The van der Waals surface area contributed by atoms with Crippen molar-refractivity contribution in [2.75, 3.05) is 7.11 Å². The van der Waals surface area contributed by atoms with E-state index in [2.05, 4.69) is 60.7 Å². The molecule has 0 bridgehead atoms. The molecule has 0 fully saturated rings. The normalized spacial score (nSPS) is 15.2. The van der Waals surface area contributed by atoms with Gasteiger partial charge in [0, 0.05) is 12.2 Å². The second-order valence-corrected chi connectivity index (χ2v) is 7.05. The van der Waals surface area contributed by atoms with Crippen LogP contribution < -0.4 is 18.6 Å². The van der Waals surface area contributed by atoms with E-state index >= 15 is 0 Å². The molecule has 0 radical (unpaired) electrons. The van der Waals surface area contributed by atoms with Crippen LogP contribution in [0.15, 0.2) is 78.4 Å². The fraction of sp³-hybridized carbons (Fsp3) is 0.136. The van der Waals surface area contributed by atoms with Gasteiger partial charge in [-0.3, -0.25) is 4.42 Å². The Hall–Kier alpha value is -2.54. The highest BCUT2D eigenvalue weighted by atomic mass is 35.7. The van der Waals surface area contributed by atoms with Crippen LogP contribution in [-0.2, 0) is 17.3 Å². The van der Waals surface area contributed by atoms with Gasteiger partial charge < -0.3 is 0 Å². The summed E-state index contributed by atoms with van der Waals surface area (Å²) in [5, 5.41) is 0. The smallest absolute Gasteiger partial charge is 0.258 e. The topological polar surface area (TPSA) is 104 Å². The molecule has 0 amide bonds. The summed E-state index contributed by atoms with van der Waals surface area (Å²) in [5.74, 6) is 0.893. The Kier molecular flexibility index (Phi) is 6.24. The number of carbonyl (C=O) groups excluding carboxylic acids is 1. The number of halogens is 1. The van der Waals surface area contributed by atoms with Crippen molar-refractivity contribution < 1.29 is 33.3 Å². The average molecular weight is 399 g/mol. The summed E-state index contributed by atoms with van der Waals surface area (Å²) in [7, 11) is -3.24. The molecule has 0 N–H and O–H groups in total. The molecule has 0 aliphatic heterocycles. The maximum Gasteiger partial charge on any atom is 0.343 e. The van der Waals surface area contributed by atoms with Crippen LogP contribution >= 0.6 is 0 Å². The number of benzene rings is 2. The lowest BCUT2D eigenvalue weighted by molar-refractivity contribution is -2.00. The molecular formula is C22H19ClO5. The number of fused-ring (bicyclic) bond motifs is 2. The number of allylic oxidation sites excluding steroid dienone is 5. The molecular weight excluding hydrogens is 380 g/mol. The first-order chi connectivity index (χ1) is 13.4. The summed E-state index contributed by atoms with van der Waals surface area (Å²) in [6.45, 7) is 0. The lowest BCUT2D eigenvalue weighted by Gasteiger charge is -2.17. The summed E-state index contributed by atoms with van der Waals surface area (Å²) in [6.07, 6.45) is 10.6. The number of hydrogen-bond donors (Lipinski definition) is 0. The summed E-state index contributed by atoms with van der Waals surface area (Å²) in [5.41, 5.74) is 8.12. The molecule has 0 saturated heterocycles. The van der Waals surface area contributed by atoms with Crippen LogP contribution in [0, 0.1) is 10.2 Å². The van der Waals surface area contributed by atoms with Gasteiger partial charge in [-0.2, -0.15) is 0 Å². The Morgan fingerprint density at radius 1 is 0.714 bits per heavy atom. The van der Waals surface area contributed by atoms with Crippen LogP contribution in [-0.4, -0.2) is 12.9 Å². The zero-order valence-corrected chi connectivity index (χ0v) is 16.0. The highest BCUT2D eigenvalue weighted by Crippen LogP contribution is 2.36. The Bertz CT molecular complexity index is 907. The summed E-state index contributed by atoms with van der Waals surface area (Å²) in [6, 6.07) is 17.6. The lowest BCUT2D eigenvalue weighted by Crippen LogP contribution is -2.68. The van der Waals surface area contributed by atoms with Gasteiger partial charge in [0.15, 0.2) is 0 Å². The SMILES string of the molecule is C[O+]=C1C=CC(=C2c3ccccc3CCc3ccccc32)C=C1.[O-][Cl+3]([O-])([O-])[O-]. The standard InChI is InChI=1S/C22H19O.ClHO4/c1-23-19-14-12-18(13-15-19)22-20-8-4-2-6-16(20)10-11-17-7-3-5-9-21(17)22;2-1(3,4)5/h2-9,12-15H,10-11H2,1H3;(H,2,3,4,5)/q+1;/p-1. The second kappa shape index (κ2) is 8.65. The van der Waals surface area contributed by atoms with Gasteiger partial charge in [-0.1, -0.05) is 48.5 Å².